The van der Waals surface area contributed by atoms with Gasteiger partial charge in [-0.3, -0.25) is 9.59 Å². The molecule has 2 N–H and O–H groups in total. The van der Waals surface area contributed by atoms with E-state index in [4.69, 9.17) is 4.74 Å². The zero-order chi connectivity index (χ0) is 16.1. The number of hydrogen-bond acceptors (Lipinski definition) is 5. The summed E-state index contributed by atoms with van der Waals surface area (Å²) in [6.45, 7) is 4.32. The van der Waals surface area contributed by atoms with Crippen LogP contribution >= 0.6 is 0 Å². The van der Waals surface area contributed by atoms with Crippen molar-refractivity contribution in [3.8, 4) is 0 Å². The van der Waals surface area contributed by atoms with Crippen LogP contribution in [0.15, 0.2) is 0 Å². The number of nitrogens with one attached hydrogen (secondary N) is 2. The van der Waals surface area contributed by atoms with Gasteiger partial charge in [0, 0.05) is 38.8 Å². The minimum atomic E-state index is -0.175. The molecule has 2 amide bonds. The highest BCUT2D eigenvalue weighted by atomic mass is 16.5. The molecular formula is C14H24N2O5. The molecule has 120 valence electrons. The zero-order valence-electron chi connectivity index (χ0n) is 12.7. The Balaban J connectivity index is 3.36. The molecule has 0 heterocycles. The Labute approximate surface area is 124 Å². The van der Waals surface area contributed by atoms with Gasteiger partial charge in [0.05, 0.1) is 13.2 Å². The Morgan fingerprint density at radius 1 is 0.714 bits per heavy atom. The summed E-state index contributed by atoms with van der Waals surface area (Å²) in [4.78, 5) is 43.9. The van der Waals surface area contributed by atoms with Gasteiger partial charge >= 0.3 is 0 Å². The number of ketones is 2. The van der Waals surface area contributed by atoms with Crippen molar-refractivity contribution in [3.05, 3.63) is 0 Å². The Bertz CT molecular complexity index is 334. The van der Waals surface area contributed by atoms with E-state index in [9.17, 15) is 19.2 Å². The van der Waals surface area contributed by atoms with Gasteiger partial charge in [0.1, 0.15) is 11.6 Å². The smallest absolute Gasteiger partial charge is 0.220 e. The maximum Gasteiger partial charge on any atom is 0.220 e. The summed E-state index contributed by atoms with van der Waals surface area (Å²) in [6.07, 6.45) is 0.890. The Kier molecular flexibility index (Phi) is 11.0. The fourth-order valence-corrected chi connectivity index (χ4v) is 1.38. The van der Waals surface area contributed by atoms with E-state index in [1.807, 2.05) is 0 Å². The molecule has 0 aromatic carbocycles. The fourth-order valence-electron chi connectivity index (χ4n) is 1.38. The molecule has 7 heteroatoms. The van der Waals surface area contributed by atoms with E-state index in [0.717, 1.165) is 0 Å². The van der Waals surface area contributed by atoms with Crippen LogP contribution in [0.3, 0.4) is 0 Å². The summed E-state index contributed by atoms with van der Waals surface area (Å²) >= 11 is 0. The molecule has 0 spiro atoms. The SMILES string of the molecule is CC(=O)CCC(=O)NCCOCCNC(=O)CCC(C)=O. The minimum absolute atomic E-state index is 0.0121. The van der Waals surface area contributed by atoms with Crippen molar-refractivity contribution in [1.82, 2.24) is 10.6 Å². The Hall–Kier alpha value is -1.76. The van der Waals surface area contributed by atoms with Gasteiger partial charge in [-0.05, 0) is 13.8 Å². The molecule has 0 saturated carbocycles. The van der Waals surface area contributed by atoms with Crippen LogP contribution in [-0.4, -0.2) is 49.7 Å². The molecule has 0 fully saturated rings. The lowest BCUT2D eigenvalue weighted by molar-refractivity contribution is -0.125. The lowest BCUT2D eigenvalue weighted by Crippen LogP contribution is -2.30. The maximum atomic E-state index is 11.2. The van der Waals surface area contributed by atoms with E-state index in [1.165, 1.54) is 13.8 Å². The predicted molar refractivity (Wildman–Crippen MR) is 76.7 cm³/mol. The molecule has 0 radical (unpaired) electrons. The normalized spacial score (nSPS) is 10.0. The van der Waals surface area contributed by atoms with Crippen LogP contribution in [0.2, 0.25) is 0 Å². The van der Waals surface area contributed by atoms with Gasteiger partial charge < -0.3 is 25.0 Å². The van der Waals surface area contributed by atoms with Crippen molar-refractivity contribution in [3.63, 3.8) is 0 Å². The molecule has 21 heavy (non-hydrogen) atoms. The molecular weight excluding hydrogens is 276 g/mol. The van der Waals surface area contributed by atoms with E-state index in [-0.39, 0.29) is 49.1 Å². The molecule has 0 saturated heterocycles. The van der Waals surface area contributed by atoms with E-state index in [2.05, 4.69) is 10.6 Å². The summed E-state index contributed by atoms with van der Waals surface area (Å²) in [7, 11) is 0. The first-order valence-corrected chi connectivity index (χ1v) is 7.02. The van der Waals surface area contributed by atoms with Crippen LogP contribution in [-0.2, 0) is 23.9 Å². The number of amides is 2. The van der Waals surface area contributed by atoms with Crippen molar-refractivity contribution in [2.75, 3.05) is 26.3 Å². The number of rotatable bonds is 12. The van der Waals surface area contributed by atoms with E-state index < -0.39 is 0 Å². The lowest BCUT2D eigenvalue weighted by Gasteiger charge is -2.07. The van der Waals surface area contributed by atoms with Gasteiger partial charge in [0.2, 0.25) is 11.8 Å². The van der Waals surface area contributed by atoms with E-state index >= 15 is 0 Å². The molecule has 0 aromatic heterocycles. The number of carbonyl (C=O) groups is 4. The first-order valence-electron chi connectivity index (χ1n) is 7.02. The minimum Gasteiger partial charge on any atom is -0.378 e. The third kappa shape index (κ3) is 14.5. The first kappa shape index (κ1) is 19.2. The molecule has 7 nitrogen and oxygen atoms in total. The van der Waals surface area contributed by atoms with Crippen LogP contribution < -0.4 is 10.6 Å². The largest absolute Gasteiger partial charge is 0.378 e. The molecule has 0 unspecified atom stereocenters. The van der Waals surface area contributed by atoms with Crippen LogP contribution in [0.4, 0.5) is 0 Å². The van der Waals surface area contributed by atoms with Crippen LogP contribution in [0.5, 0.6) is 0 Å². The molecule has 0 aromatic rings. The average molecular weight is 300 g/mol. The van der Waals surface area contributed by atoms with Crippen LogP contribution in [0.25, 0.3) is 0 Å². The Morgan fingerprint density at radius 3 is 1.43 bits per heavy atom. The predicted octanol–water partition coefficient (Wildman–Crippen LogP) is -0.0262. The highest BCUT2D eigenvalue weighted by Gasteiger charge is 2.03. The second-order valence-corrected chi connectivity index (χ2v) is 4.72. The van der Waals surface area contributed by atoms with Gasteiger partial charge in [0.25, 0.3) is 0 Å². The fraction of sp³-hybridized carbons (Fsp3) is 0.714. The molecule has 0 atom stereocenters. The number of ether oxygens (including phenoxy) is 1. The van der Waals surface area contributed by atoms with E-state index in [1.54, 1.807) is 0 Å². The van der Waals surface area contributed by atoms with Gasteiger partial charge in [-0.25, -0.2) is 0 Å². The molecule has 0 aliphatic rings. The second-order valence-electron chi connectivity index (χ2n) is 4.72. The summed E-state index contributed by atoms with van der Waals surface area (Å²) in [5, 5.41) is 5.26. The molecule has 0 bridgehead atoms. The molecule has 0 rings (SSSR count). The standard InChI is InChI=1S/C14H24N2O5/c1-11(17)3-5-13(19)15-7-9-21-10-8-16-14(20)6-4-12(2)18/h3-10H2,1-2H3,(H,15,19)(H,16,20). The van der Waals surface area contributed by atoms with Gasteiger partial charge in [-0.2, -0.15) is 0 Å². The van der Waals surface area contributed by atoms with Crippen molar-refractivity contribution < 1.29 is 23.9 Å². The quantitative estimate of drug-likeness (QED) is 0.493. The summed E-state index contributed by atoms with van der Waals surface area (Å²) in [5.74, 6) is -0.374. The molecule has 0 aliphatic carbocycles. The van der Waals surface area contributed by atoms with Crippen molar-refractivity contribution in [2.45, 2.75) is 39.5 Å². The van der Waals surface area contributed by atoms with Crippen molar-refractivity contribution >= 4 is 23.4 Å². The third-order valence-corrected chi connectivity index (χ3v) is 2.55. The van der Waals surface area contributed by atoms with Crippen molar-refractivity contribution in [1.29, 1.82) is 0 Å². The topological polar surface area (TPSA) is 102 Å². The number of carbonyl (C=O) groups excluding carboxylic acids is 4. The second kappa shape index (κ2) is 12.0. The lowest BCUT2D eigenvalue weighted by atomic mass is 10.2. The van der Waals surface area contributed by atoms with Gasteiger partial charge in [0.15, 0.2) is 0 Å². The number of hydrogen-bond donors (Lipinski definition) is 2. The average Bonchev–Trinajstić information content (AvgIpc) is 2.41. The zero-order valence-corrected chi connectivity index (χ0v) is 12.7. The van der Waals surface area contributed by atoms with Crippen LogP contribution in [0.1, 0.15) is 39.5 Å². The highest BCUT2D eigenvalue weighted by Crippen LogP contribution is 1.90. The van der Waals surface area contributed by atoms with Gasteiger partial charge in [-0.15, -0.1) is 0 Å². The highest BCUT2D eigenvalue weighted by molar-refractivity contribution is 5.84. The van der Waals surface area contributed by atoms with Crippen molar-refractivity contribution in [2.24, 2.45) is 0 Å². The Morgan fingerprint density at radius 2 is 1.10 bits per heavy atom. The summed E-state index contributed by atoms with van der Waals surface area (Å²) in [6, 6.07) is 0. The first-order chi connectivity index (χ1) is 9.91. The van der Waals surface area contributed by atoms with E-state index in [0.29, 0.717) is 26.3 Å². The monoisotopic (exact) mass is 300 g/mol. The maximum absolute atomic E-state index is 11.2. The number of Topliss-reactive ketones (excluding diaryl/α,β-unsaturated/α-hetero) is 2. The third-order valence-electron chi connectivity index (χ3n) is 2.55. The van der Waals surface area contributed by atoms with Crippen LogP contribution in [0, 0.1) is 0 Å². The summed E-state index contributed by atoms with van der Waals surface area (Å²) < 4.78 is 5.22. The molecule has 0 aliphatic heterocycles. The van der Waals surface area contributed by atoms with Gasteiger partial charge in [-0.1, -0.05) is 0 Å². The summed E-state index contributed by atoms with van der Waals surface area (Å²) in [5.41, 5.74) is 0.